The van der Waals surface area contributed by atoms with Crippen LogP contribution in [0.25, 0.3) is 0 Å². The lowest BCUT2D eigenvalue weighted by Crippen LogP contribution is -2.30. The summed E-state index contributed by atoms with van der Waals surface area (Å²) in [6.07, 6.45) is 58.9. The number of allylic oxidation sites excluding steroid dienone is 10. The summed E-state index contributed by atoms with van der Waals surface area (Å²) in [5, 5.41) is 9.81. The van der Waals surface area contributed by atoms with Gasteiger partial charge in [0, 0.05) is 19.3 Å². The van der Waals surface area contributed by atoms with Crippen molar-refractivity contribution in [2.45, 2.75) is 277 Å². The molecular formula is C60H107O11P. The van der Waals surface area contributed by atoms with Gasteiger partial charge in [-0.25, -0.2) is 4.57 Å². The number of rotatable bonds is 54. The van der Waals surface area contributed by atoms with E-state index in [-0.39, 0.29) is 25.9 Å². The number of phosphoric ester groups is 1. The van der Waals surface area contributed by atoms with Crippen LogP contribution in [0.1, 0.15) is 265 Å². The minimum absolute atomic E-state index is 0.138. The third-order valence-electron chi connectivity index (χ3n) is 12.4. The van der Waals surface area contributed by atoms with Crippen LogP contribution in [0.5, 0.6) is 0 Å². The highest BCUT2D eigenvalue weighted by Crippen LogP contribution is 2.43. The molecule has 0 aliphatic heterocycles. The van der Waals surface area contributed by atoms with Crippen molar-refractivity contribution in [1.82, 2.24) is 0 Å². The molecule has 0 saturated heterocycles. The number of unbranched alkanes of at least 4 members (excludes halogenated alkanes) is 27. The zero-order chi connectivity index (χ0) is 52.7. The molecule has 11 nitrogen and oxygen atoms in total. The molecule has 0 rings (SSSR count). The Morgan fingerprint density at radius 3 is 1.12 bits per heavy atom. The first-order valence-electron chi connectivity index (χ1n) is 29.2. The first-order valence-corrected chi connectivity index (χ1v) is 30.7. The van der Waals surface area contributed by atoms with Gasteiger partial charge in [-0.2, -0.15) is 0 Å². The number of carbonyl (C=O) groups is 3. The summed E-state index contributed by atoms with van der Waals surface area (Å²) < 4.78 is 39.5. The van der Waals surface area contributed by atoms with E-state index in [1.165, 1.54) is 96.3 Å². The smallest absolute Gasteiger partial charge is 0.462 e. The first-order chi connectivity index (χ1) is 35.2. The Hall–Kier alpha value is -2.82. The number of aliphatic hydroxyl groups excluding tert-OH is 1. The van der Waals surface area contributed by atoms with Gasteiger partial charge in [-0.05, 0) is 83.5 Å². The van der Waals surface area contributed by atoms with Gasteiger partial charge in [-0.15, -0.1) is 0 Å². The van der Waals surface area contributed by atoms with E-state index in [0.29, 0.717) is 19.3 Å². The van der Waals surface area contributed by atoms with Crippen molar-refractivity contribution in [2.75, 3.05) is 26.4 Å². The van der Waals surface area contributed by atoms with Gasteiger partial charge in [-0.1, -0.05) is 223 Å². The number of hydrogen-bond acceptors (Lipinski definition) is 10. The summed E-state index contributed by atoms with van der Waals surface area (Å²) in [5.41, 5.74) is 0. The molecule has 2 N–H and O–H groups in total. The quantitative estimate of drug-likeness (QED) is 0.0197. The molecule has 0 aromatic heterocycles. The minimum atomic E-state index is -4.75. The maximum Gasteiger partial charge on any atom is 0.472 e. The Balaban J connectivity index is 4.77. The van der Waals surface area contributed by atoms with Crippen LogP contribution in [0.2, 0.25) is 0 Å². The highest BCUT2D eigenvalue weighted by Gasteiger charge is 2.28. The van der Waals surface area contributed by atoms with Crippen LogP contribution < -0.4 is 0 Å². The van der Waals surface area contributed by atoms with Gasteiger partial charge < -0.3 is 24.2 Å². The predicted molar refractivity (Wildman–Crippen MR) is 298 cm³/mol. The van der Waals surface area contributed by atoms with E-state index in [1.807, 2.05) is 0 Å². The maximum atomic E-state index is 12.9. The summed E-state index contributed by atoms with van der Waals surface area (Å²) in [7, 11) is -4.75. The summed E-state index contributed by atoms with van der Waals surface area (Å²) in [5.74, 6) is -1.49. The van der Waals surface area contributed by atoms with E-state index in [0.717, 1.165) is 109 Å². The van der Waals surface area contributed by atoms with Crippen LogP contribution in [-0.2, 0) is 42.2 Å². The normalized spacial score (nSPS) is 13.8. The number of hydrogen-bond donors (Lipinski definition) is 2. The van der Waals surface area contributed by atoms with Crippen LogP contribution in [0.4, 0.5) is 0 Å². The van der Waals surface area contributed by atoms with E-state index in [1.54, 1.807) is 0 Å². The lowest BCUT2D eigenvalue weighted by atomic mass is 10.0. The van der Waals surface area contributed by atoms with Crippen molar-refractivity contribution in [2.24, 2.45) is 0 Å². The van der Waals surface area contributed by atoms with E-state index in [4.69, 9.17) is 23.3 Å². The van der Waals surface area contributed by atoms with Crippen molar-refractivity contribution >= 4 is 25.7 Å². The molecule has 0 heterocycles. The Kier molecular flexibility index (Phi) is 52.3. The van der Waals surface area contributed by atoms with Crippen molar-refractivity contribution in [3.05, 3.63) is 60.8 Å². The fourth-order valence-electron chi connectivity index (χ4n) is 7.99. The molecule has 0 saturated carbocycles. The molecule has 3 unspecified atom stereocenters. The molecule has 12 heteroatoms. The highest BCUT2D eigenvalue weighted by molar-refractivity contribution is 7.47. The number of phosphoric acid groups is 1. The molecule has 0 aliphatic carbocycles. The molecule has 0 aromatic rings. The highest BCUT2D eigenvalue weighted by atomic mass is 31.2. The molecule has 0 fully saturated rings. The number of ether oxygens (including phenoxy) is 3. The summed E-state index contributed by atoms with van der Waals surface area (Å²) >= 11 is 0. The third-order valence-corrected chi connectivity index (χ3v) is 13.4. The van der Waals surface area contributed by atoms with Gasteiger partial charge in [0.2, 0.25) is 0 Å². The maximum absolute atomic E-state index is 12.9. The number of aliphatic hydroxyl groups is 1. The van der Waals surface area contributed by atoms with Crippen molar-refractivity contribution in [3.63, 3.8) is 0 Å². The average Bonchev–Trinajstić information content (AvgIpc) is 3.37. The van der Waals surface area contributed by atoms with Crippen molar-refractivity contribution in [3.8, 4) is 0 Å². The molecule has 0 aromatic carbocycles. The SMILES string of the molecule is CC/C=C\C/C=C\C/C=C\C/C=C\CCCCCCC(=O)OC(COC(=O)CCCCCCC/C=C\CCCCCCCC)COP(=O)(O)OCC(CO)OC(=O)CCCCCCCCCCCCCCC. The van der Waals surface area contributed by atoms with E-state index < -0.39 is 57.8 Å². The largest absolute Gasteiger partial charge is 0.472 e. The van der Waals surface area contributed by atoms with Crippen molar-refractivity contribution in [1.29, 1.82) is 0 Å². The molecule has 0 bridgehead atoms. The second kappa shape index (κ2) is 54.4. The van der Waals surface area contributed by atoms with Crippen LogP contribution in [0, 0.1) is 0 Å². The topological polar surface area (TPSA) is 155 Å². The predicted octanol–water partition coefficient (Wildman–Crippen LogP) is 17.1. The van der Waals surface area contributed by atoms with Gasteiger partial charge in [-0.3, -0.25) is 23.4 Å². The first kappa shape index (κ1) is 69.2. The lowest BCUT2D eigenvalue weighted by Gasteiger charge is -2.21. The van der Waals surface area contributed by atoms with Crippen LogP contribution in [0.3, 0.4) is 0 Å². The number of carbonyl (C=O) groups excluding carboxylic acids is 3. The van der Waals surface area contributed by atoms with Crippen molar-refractivity contribution < 1.29 is 52.2 Å². The second-order valence-corrected chi connectivity index (χ2v) is 20.9. The monoisotopic (exact) mass is 1030 g/mol. The van der Waals surface area contributed by atoms with Crippen LogP contribution in [-0.4, -0.2) is 66.5 Å². The van der Waals surface area contributed by atoms with E-state index in [2.05, 4.69) is 81.5 Å². The van der Waals surface area contributed by atoms with Crippen LogP contribution in [0.15, 0.2) is 60.8 Å². The van der Waals surface area contributed by atoms with E-state index in [9.17, 15) is 28.9 Å². The zero-order valence-corrected chi connectivity index (χ0v) is 47.0. The molecule has 0 spiro atoms. The standard InChI is InChI=1S/C60H107O11P/c1-4-7-10-13-16-19-22-25-27-28-30-33-36-39-42-45-48-51-60(64)71-57(53-67-58(62)49-46-43-40-37-34-32-29-26-23-20-17-14-11-8-5-2)55-69-72(65,66)68-54-56(52-61)70-59(63)50-47-44-41-38-35-31-24-21-18-15-12-9-6-3/h7,10,16,19,25-27,29-30,33,56-57,61H,4-6,8-9,11-15,17-18,20-24,28,31-32,34-55H2,1-3H3,(H,65,66)/b10-7-,19-16-,27-25-,29-26-,33-30-. The summed E-state index contributed by atoms with van der Waals surface area (Å²) in [6.45, 7) is 4.51. The lowest BCUT2D eigenvalue weighted by molar-refractivity contribution is -0.161. The molecule has 3 atom stereocenters. The fraction of sp³-hybridized carbons (Fsp3) is 0.783. The Labute approximate surface area is 440 Å². The fourth-order valence-corrected chi connectivity index (χ4v) is 8.77. The molecule has 72 heavy (non-hydrogen) atoms. The average molecular weight is 1040 g/mol. The van der Waals surface area contributed by atoms with Gasteiger partial charge in [0.15, 0.2) is 6.10 Å². The molecule has 0 aliphatic rings. The zero-order valence-electron chi connectivity index (χ0n) is 46.1. The number of esters is 3. The Morgan fingerprint density at radius 1 is 0.403 bits per heavy atom. The minimum Gasteiger partial charge on any atom is -0.462 e. The molecule has 0 radical (unpaired) electrons. The van der Waals surface area contributed by atoms with E-state index >= 15 is 0 Å². The summed E-state index contributed by atoms with van der Waals surface area (Å²) in [6, 6.07) is 0. The Bertz CT molecular complexity index is 1440. The summed E-state index contributed by atoms with van der Waals surface area (Å²) in [4.78, 5) is 48.5. The van der Waals surface area contributed by atoms with Gasteiger partial charge in [0.25, 0.3) is 0 Å². The van der Waals surface area contributed by atoms with Gasteiger partial charge in [0.05, 0.1) is 19.8 Å². The second-order valence-electron chi connectivity index (χ2n) is 19.4. The van der Waals surface area contributed by atoms with Crippen LogP contribution >= 0.6 is 7.82 Å². The van der Waals surface area contributed by atoms with Gasteiger partial charge >= 0.3 is 25.7 Å². The van der Waals surface area contributed by atoms with Gasteiger partial charge in [0.1, 0.15) is 12.7 Å². The third kappa shape index (κ3) is 52.1. The Morgan fingerprint density at radius 2 is 0.722 bits per heavy atom. The molecule has 418 valence electrons. The molecule has 0 amide bonds. The molecular weight excluding hydrogens is 928 g/mol.